The summed E-state index contributed by atoms with van der Waals surface area (Å²) >= 11 is 0. The predicted octanol–water partition coefficient (Wildman–Crippen LogP) is 2.13. The molecule has 0 bridgehead atoms. The van der Waals surface area contributed by atoms with E-state index < -0.39 is 0 Å². The Balaban J connectivity index is 1.78. The van der Waals surface area contributed by atoms with E-state index in [1.807, 2.05) is 24.3 Å². The Hall–Kier alpha value is -1.55. The zero-order chi connectivity index (χ0) is 14.8. The summed E-state index contributed by atoms with van der Waals surface area (Å²) in [6, 6.07) is 7.89. The molecule has 0 saturated heterocycles. The smallest absolute Gasteiger partial charge is 0.220 e. The molecule has 2 unspecified atom stereocenters. The highest BCUT2D eigenvalue weighted by atomic mass is 16.5. The van der Waals surface area contributed by atoms with Crippen LogP contribution in [0, 0.1) is 5.41 Å². The number of methoxy groups -OCH3 is 1. The number of nitrogens with two attached hydrogens (primary N) is 1. The molecule has 1 aromatic rings. The lowest BCUT2D eigenvalue weighted by Gasteiger charge is -2.51. The molecule has 2 rings (SSSR count). The standard InChI is InChI=1S/C16H24N2O2/c1-16(2)13(10-14(16)20-3)18-15(19)9-6-11-4-7-12(17)8-5-11/h4-5,7-8,13-14H,6,9-10,17H2,1-3H3,(H,18,19). The van der Waals surface area contributed by atoms with Gasteiger partial charge in [0, 0.05) is 30.7 Å². The first-order valence-electron chi connectivity index (χ1n) is 7.10. The van der Waals surface area contributed by atoms with Gasteiger partial charge in [-0.25, -0.2) is 0 Å². The Labute approximate surface area is 120 Å². The van der Waals surface area contributed by atoms with Crippen LogP contribution in [0.5, 0.6) is 0 Å². The van der Waals surface area contributed by atoms with Crippen molar-refractivity contribution in [3.63, 3.8) is 0 Å². The number of carbonyl (C=O) groups is 1. The van der Waals surface area contributed by atoms with Gasteiger partial charge >= 0.3 is 0 Å². The van der Waals surface area contributed by atoms with Crippen LogP contribution in [-0.4, -0.2) is 25.2 Å². The van der Waals surface area contributed by atoms with E-state index in [4.69, 9.17) is 10.5 Å². The molecule has 0 heterocycles. The molecule has 20 heavy (non-hydrogen) atoms. The molecule has 1 aromatic carbocycles. The van der Waals surface area contributed by atoms with Crippen LogP contribution in [-0.2, 0) is 16.0 Å². The summed E-state index contributed by atoms with van der Waals surface area (Å²) in [6.07, 6.45) is 2.39. The van der Waals surface area contributed by atoms with Crippen molar-refractivity contribution >= 4 is 11.6 Å². The summed E-state index contributed by atoms with van der Waals surface area (Å²) in [4.78, 5) is 12.0. The molecular weight excluding hydrogens is 252 g/mol. The molecular formula is C16H24N2O2. The number of aryl methyl sites for hydroxylation is 1. The van der Waals surface area contributed by atoms with Crippen molar-refractivity contribution in [3.05, 3.63) is 29.8 Å². The molecule has 0 aliphatic heterocycles. The minimum Gasteiger partial charge on any atom is -0.399 e. The van der Waals surface area contributed by atoms with Crippen LogP contribution in [0.1, 0.15) is 32.3 Å². The van der Waals surface area contributed by atoms with Gasteiger partial charge in [-0.15, -0.1) is 0 Å². The SMILES string of the molecule is COC1CC(NC(=O)CCc2ccc(N)cc2)C1(C)C. The zero-order valence-corrected chi connectivity index (χ0v) is 12.5. The normalized spacial score (nSPS) is 23.9. The van der Waals surface area contributed by atoms with E-state index in [1.165, 1.54) is 0 Å². The number of ether oxygens (including phenoxy) is 1. The second-order valence-electron chi connectivity index (χ2n) is 6.14. The first-order chi connectivity index (χ1) is 9.43. The summed E-state index contributed by atoms with van der Waals surface area (Å²) in [5.74, 6) is 0.106. The number of nitrogens with one attached hydrogen (secondary N) is 1. The lowest BCUT2D eigenvalue weighted by atomic mass is 9.64. The maximum atomic E-state index is 12.0. The molecule has 110 valence electrons. The van der Waals surface area contributed by atoms with Gasteiger partial charge in [0.1, 0.15) is 0 Å². The van der Waals surface area contributed by atoms with Gasteiger partial charge in [0.15, 0.2) is 0 Å². The van der Waals surface area contributed by atoms with E-state index in [2.05, 4.69) is 19.2 Å². The van der Waals surface area contributed by atoms with Crippen molar-refractivity contribution in [2.24, 2.45) is 5.41 Å². The summed E-state index contributed by atoms with van der Waals surface area (Å²) in [7, 11) is 1.73. The largest absolute Gasteiger partial charge is 0.399 e. The van der Waals surface area contributed by atoms with Gasteiger partial charge in [0.05, 0.1) is 6.10 Å². The lowest BCUT2D eigenvalue weighted by Crippen LogP contribution is -2.61. The lowest BCUT2D eigenvalue weighted by molar-refractivity contribution is -0.132. The number of hydrogen-bond donors (Lipinski definition) is 2. The van der Waals surface area contributed by atoms with Gasteiger partial charge < -0.3 is 15.8 Å². The van der Waals surface area contributed by atoms with E-state index in [1.54, 1.807) is 7.11 Å². The molecule has 4 heteroatoms. The average Bonchev–Trinajstić information content (AvgIpc) is 2.42. The van der Waals surface area contributed by atoms with Gasteiger partial charge in [0.2, 0.25) is 5.91 Å². The van der Waals surface area contributed by atoms with E-state index in [0.717, 1.165) is 24.1 Å². The molecule has 3 N–H and O–H groups in total. The van der Waals surface area contributed by atoms with Crippen LogP contribution >= 0.6 is 0 Å². The summed E-state index contributed by atoms with van der Waals surface area (Å²) in [6.45, 7) is 4.27. The highest BCUT2D eigenvalue weighted by molar-refractivity contribution is 5.76. The predicted molar refractivity (Wildman–Crippen MR) is 80.3 cm³/mol. The molecule has 1 amide bonds. The van der Waals surface area contributed by atoms with Crippen LogP contribution in [0.4, 0.5) is 5.69 Å². The fourth-order valence-electron chi connectivity index (χ4n) is 2.74. The van der Waals surface area contributed by atoms with Crippen LogP contribution < -0.4 is 11.1 Å². The van der Waals surface area contributed by atoms with Crippen molar-refractivity contribution < 1.29 is 9.53 Å². The van der Waals surface area contributed by atoms with Gasteiger partial charge in [0.25, 0.3) is 0 Å². The first kappa shape index (κ1) is 14.9. The Morgan fingerprint density at radius 3 is 2.60 bits per heavy atom. The number of carbonyl (C=O) groups excluding carboxylic acids is 1. The average molecular weight is 276 g/mol. The quantitative estimate of drug-likeness (QED) is 0.810. The Bertz CT molecular complexity index is 468. The molecule has 0 radical (unpaired) electrons. The van der Waals surface area contributed by atoms with E-state index in [-0.39, 0.29) is 23.5 Å². The van der Waals surface area contributed by atoms with Crippen molar-refractivity contribution in [3.8, 4) is 0 Å². The van der Waals surface area contributed by atoms with Crippen molar-refractivity contribution in [2.75, 3.05) is 12.8 Å². The second kappa shape index (κ2) is 5.83. The Morgan fingerprint density at radius 2 is 2.05 bits per heavy atom. The third-order valence-corrected chi connectivity index (χ3v) is 4.42. The highest BCUT2D eigenvalue weighted by Crippen LogP contribution is 2.42. The first-order valence-corrected chi connectivity index (χ1v) is 7.10. The third-order valence-electron chi connectivity index (χ3n) is 4.42. The monoisotopic (exact) mass is 276 g/mol. The van der Waals surface area contributed by atoms with Gasteiger partial charge in [-0.3, -0.25) is 4.79 Å². The molecule has 4 nitrogen and oxygen atoms in total. The van der Waals surface area contributed by atoms with Crippen molar-refractivity contribution in [1.82, 2.24) is 5.32 Å². The van der Waals surface area contributed by atoms with E-state index in [0.29, 0.717) is 6.42 Å². The summed E-state index contributed by atoms with van der Waals surface area (Å²) < 4.78 is 5.39. The maximum Gasteiger partial charge on any atom is 0.220 e. The molecule has 1 fully saturated rings. The van der Waals surface area contributed by atoms with Crippen LogP contribution in [0.25, 0.3) is 0 Å². The number of hydrogen-bond acceptors (Lipinski definition) is 3. The summed E-state index contributed by atoms with van der Waals surface area (Å²) in [5, 5.41) is 3.11. The third kappa shape index (κ3) is 3.12. The van der Waals surface area contributed by atoms with Crippen LogP contribution in [0.2, 0.25) is 0 Å². The van der Waals surface area contributed by atoms with Crippen molar-refractivity contribution in [1.29, 1.82) is 0 Å². The number of anilines is 1. The van der Waals surface area contributed by atoms with E-state index in [9.17, 15) is 4.79 Å². The molecule has 1 aliphatic carbocycles. The zero-order valence-electron chi connectivity index (χ0n) is 12.5. The molecule has 0 aromatic heterocycles. The Morgan fingerprint density at radius 1 is 1.40 bits per heavy atom. The van der Waals surface area contributed by atoms with Crippen LogP contribution in [0.15, 0.2) is 24.3 Å². The summed E-state index contributed by atoms with van der Waals surface area (Å²) in [5.41, 5.74) is 7.54. The highest BCUT2D eigenvalue weighted by Gasteiger charge is 2.49. The molecule has 1 saturated carbocycles. The van der Waals surface area contributed by atoms with Gasteiger partial charge in [-0.2, -0.15) is 0 Å². The number of nitrogen functional groups attached to an aromatic ring is 1. The molecule has 2 atom stereocenters. The topological polar surface area (TPSA) is 64.3 Å². The fourth-order valence-corrected chi connectivity index (χ4v) is 2.74. The van der Waals surface area contributed by atoms with Crippen LogP contribution in [0.3, 0.4) is 0 Å². The molecule has 0 spiro atoms. The Kier molecular flexibility index (Phi) is 4.33. The van der Waals surface area contributed by atoms with Gasteiger partial charge in [-0.05, 0) is 30.5 Å². The van der Waals surface area contributed by atoms with E-state index >= 15 is 0 Å². The van der Waals surface area contributed by atoms with Crippen molar-refractivity contribution in [2.45, 2.75) is 45.3 Å². The molecule has 1 aliphatic rings. The number of rotatable bonds is 5. The van der Waals surface area contributed by atoms with Gasteiger partial charge in [-0.1, -0.05) is 26.0 Å². The number of benzene rings is 1. The second-order valence-corrected chi connectivity index (χ2v) is 6.14. The number of amides is 1. The maximum absolute atomic E-state index is 12.0. The fraction of sp³-hybridized carbons (Fsp3) is 0.562. The minimum atomic E-state index is 0.0195. The minimum absolute atomic E-state index is 0.0195.